The van der Waals surface area contributed by atoms with Crippen LogP contribution in [0.4, 0.5) is 0 Å². The molecule has 0 amide bonds. The van der Waals surface area contributed by atoms with E-state index >= 15 is 0 Å². The molecule has 9 atom stereocenters. The van der Waals surface area contributed by atoms with Crippen LogP contribution < -0.4 is 5.32 Å². The molecule has 0 bridgehead atoms. The van der Waals surface area contributed by atoms with E-state index in [4.69, 9.17) is 0 Å². The summed E-state index contributed by atoms with van der Waals surface area (Å²) in [6.07, 6.45) is 14.1. The molecule has 300 valence electrons. The lowest BCUT2D eigenvalue weighted by atomic mass is 9.29. The number of nitrogens with zero attached hydrogens (tertiary/aromatic N) is 3. The Labute approximate surface area is 333 Å². The van der Waals surface area contributed by atoms with Crippen LogP contribution in [0.5, 0.6) is 0 Å². The van der Waals surface area contributed by atoms with Gasteiger partial charge in [-0.1, -0.05) is 85.8 Å². The average Bonchev–Trinajstić information content (AvgIpc) is 3.53. The van der Waals surface area contributed by atoms with E-state index in [9.17, 15) is 9.90 Å². The molecule has 5 aliphatic carbocycles. The Hall–Kier alpha value is -1.64. The monoisotopic (exact) mass is 759 g/mol. The van der Waals surface area contributed by atoms with Gasteiger partial charge in [-0.05, 0) is 139 Å². The molecule has 7 rings (SSSR count). The van der Waals surface area contributed by atoms with Crippen LogP contribution in [-0.2, 0) is 0 Å². The van der Waals surface area contributed by atoms with Crippen LogP contribution in [0.25, 0.3) is 5.57 Å². The van der Waals surface area contributed by atoms with Gasteiger partial charge in [-0.15, -0.1) is 0 Å². The fraction of sp³-hybridized carbons (Fsp3) is 0.766. The largest absolute Gasteiger partial charge is 0.478 e. The fourth-order valence-corrected chi connectivity index (χ4v) is 15.8. The molecule has 6 nitrogen and oxygen atoms in total. The van der Waals surface area contributed by atoms with Gasteiger partial charge in [-0.3, -0.25) is 4.90 Å². The number of rotatable bonds is 11. The van der Waals surface area contributed by atoms with Crippen molar-refractivity contribution >= 4 is 23.7 Å². The van der Waals surface area contributed by atoms with Gasteiger partial charge in [0.1, 0.15) is 0 Å². The normalized spacial score (nSPS) is 40.7. The van der Waals surface area contributed by atoms with Crippen molar-refractivity contribution in [2.75, 3.05) is 52.4 Å². The third kappa shape index (κ3) is 6.23. The number of benzene rings is 1. The van der Waals surface area contributed by atoms with E-state index in [1.165, 1.54) is 81.2 Å². The smallest absolute Gasteiger partial charge is 0.335 e. The molecular formula is C47H74N4O2S. The van der Waals surface area contributed by atoms with E-state index in [1.54, 1.807) is 12.1 Å². The minimum absolute atomic E-state index is 0.0275. The van der Waals surface area contributed by atoms with Crippen molar-refractivity contribution in [1.82, 2.24) is 18.8 Å². The van der Waals surface area contributed by atoms with Gasteiger partial charge in [-0.25, -0.2) is 13.4 Å². The van der Waals surface area contributed by atoms with Crippen molar-refractivity contribution < 1.29 is 9.90 Å². The molecule has 7 heteroatoms. The number of aromatic carboxylic acids is 1. The Kier molecular flexibility index (Phi) is 11.0. The minimum Gasteiger partial charge on any atom is -0.478 e. The van der Waals surface area contributed by atoms with Crippen molar-refractivity contribution in [2.24, 2.45) is 50.7 Å². The molecule has 54 heavy (non-hydrogen) atoms. The zero-order valence-corrected chi connectivity index (χ0v) is 36.3. The molecular weight excluding hydrogens is 685 g/mol. The van der Waals surface area contributed by atoms with Crippen LogP contribution in [0, 0.1) is 50.7 Å². The summed E-state index contributed by atoms with van der Waals surface area (Å²) in [6.45, 7) is 36.6. The Bertz CT molecular complexity index is 1600. The second kappa shape index (κ2) is 14.6. The molecule has 0 spiro atoms. The maximum Gasteiger partial charge on any atom is 0.335 e. The first-order valence-corrected chi connectivity index (χ1v) is 22.6. The lowest BCUT2D eigenvalue weighted by Gasteiger charge is -2.75. The summed E-state index contributed by atoms with van der Waals surface area (Å²) < 4.78 is 5.03. The van der Waals surface area contributed by atoms with Crippen LogP contribution in [-0.4, -0.2) is 82.5 Å². The Morgan fingerprint density at radius 2 is 1.54 bits per heavy atom. The standard InChI is InChI=1S/C47H74N4O2S/c1-11-50(12-2)54-51-31-29-49(30-32-51)28-27-48-47-24-17-36(33(3)4)40(47)45(9)23-20-39-43(7)21-18-37(34-13-15-35(16-14-34)41(52)53)42(5,6)38(43)19-22-44(39,8)46(45,10)25-26-47/h13-16,18,36,38-40,48H,3,11-12,17,19-32H2,1-2,4-10H3,(H,52,53)/t36-,38?,39?,40?,43-,44+,45+,46-,47-/m0/s1. The zero-order valence-electron chi connectivity index (χ0n) is 35.5. The second-order valence-corrected chi connectivity index (χ2v) is 21.5. The highest BCUT2D eigenvalue weighted by Crippen LogP contribution is 2.80. The summed E-state index contributed by atoms with van der Waals surface area (Å²) in [4.78, 5) is 14.3. The van der Waals surface area contributed by atoms with E-state index in [1.807, 2.05) is 12.1 Å². The van der Waals surface area contributed by atoms with Crippen LogP contribution in [0.2, 0.25) is 0 Å². The molecule has 4 saturated carbocycles. The highest BCUT2D eigenvalue weighted by molar-refractivity contribution is 7.94. The van der Waals surface area contributed by atoms with Gasteiger partial charge in [0, 0.05) is 70.0 Å². The molecule has 1 aromatic carbocycles. The number of nitrogens with one attached hydrogen (secondary N) is 1. The van der Waals surface area contributed by atoms with Crippen LogP contribution in [0.3, 0.4) is 0 Å². The Morgan fingerprint density at radius 1 is 0.889 bits per heavy atom. The van der Waals surface area contributed by atoms with Crippen molar-refractivity contribution in [3.63, 3.8) is 0 Å². The molecule has 5 fully saturated rings. The van der Waals surface area contributed by atoms with Crippen LogP contribution >= 0.6 is 12.1 Å². The van der Waals surface area contributed by atoms with Crippen molar-refractivity contribution in [3.05, 3.63) is 53.6 Å². The summed E-state index contributed by atoms with van der Waals surface area (Å²) >= 11 is 1.95. The second-order valence-electron chi connectivity index (χ2n) is 20.3. The predicted molar refractivity (Wildman–Crippen MR) is 227 cm³/mol. The molecule has 3 unspecified atom stereocenters. The predicted octanol–water partition coefficient (Wildman–Crippen LogP) is 10.3. The third-order valence-electron chi connectivity index (χ3n) is 18.0. The number of allylic oxidation sites excluding steroid dienone is 3. The van der Waals surface area contributed by atoms with E-state index < -0.39 is 5.97 Å². The minimum atomic E-state index is -0.854. The highest BCUT2D eigenvalue weighted by atomic mass is 32.2. The van der Waals surface area contributed by atoms with Gasteiger partial charge in [-0.2, -0.15) is 0 Å². The molecule has 6 aliphatic rings. The van der Waals surface area contributed by atoms with E-state index in [2.05, 4.69) is 106 Å². The maximum absolute atomic E-state index is 11.6. The first-order valence-electron chi connectivity index (χ1n) is 21.8. The number of hydrogen-bond donors (Lipinski definition) is 2. The summed E-state index contributed by atoms with van der Waals surface area (Å²) in [5, 5.41) is 13.9. The highest BCUT2D eigenvalue weighted by Gasteiger charge is 2.74. The van der Waals surface area contributed by atoms with Crippen molar-refractivity contribution in [2.45, 2.75) is 126 Å². The Balaban J connectivity index is 1.11. The molecule has 1 saturated heterocycles. The number of carbonyl (C=O) groups is 1. The zero-order chi connectivity index (χ0) is 38.9. The van der Waals surface area contributed by atoms with E-state index in [0.717, 1.165) is 45.7 Å². The lowest BCUT2D eigenvalue weighted by Crippen LogP contribution is -2.71. The number of fused-ring (bicyclic) bond motifs is 7. The van der Waals surface area contributed by atoms with Gasteiger partial charge in [0.25, 0.3) is 0 Å². The van der Waals surface area contributed by atoms with Gasteiger partial charge >= 0.3 is 5.97 Å². The van der Waals surface area contributed by atoms with Gasteiger partial charge in [0.05, 0.1) is 5.56 Å². The Morgan fingerprint density at radius 3 is 2.17 bits per heavy atom. The quantitative estimate of drug-likeness (QED) is 0.172. The SMILES string of the molecule is C=C(C)[C@@H]1CC[C@]2(NCCN3CCN(SN(CC)CC)CC3)CC[C@]3(C)[C@](C)(CCC4[C@@]5(C)CC=C(c6ccc(C(=O)O)cc6)C(C)(C)C5CC[C@]43C)C12. The fourth-order valence-electron chi connectivity index (χ4n) is 14.9. The van der Waals surface area contributed by atoms with Crippen molar-refractivity contribution in [3.8, 4) is 0 Å². The van der Waals surface area contributed by atoms with E-state index in [-0.39, 0.29) is 32.6 Å². The number of piperazine rings is 1. The third-order valence-corrected chi connectivity index (χ3v) is 19.3. The van der Waals surface area contributed by atoms with E-state index in [0.29, 0.717) is 29.2 Å². The molecule has 2 N–H and O–H groups in total. The first kappa shape index (κ1) is 40.6. The molecule has 1 aliphatic heterocycles. The average molecular weight is 759 g/mol. The number of hydrogen-bond acceptors (Lipinski definition) is 6. The summed E-state index contributed by atoms with van der Waals surface area (Å²) in [5.74, 6) is 1.67. The molecule has 1 heterocycles. The first-order chi connectivity index (χ1) is 25.5. The summed E-state index contributed by atoms with van der Waals surface area (Å²) in [6, 6.07) is 7.68. The molecule has 0 radical (unpaired) electrons. The van der Waals surface area contributed by atoms with Gasteiger partial charge in [0.15, 0.2) is 0 Å². The number of carboxylic acids is 1. The van der Waals surface area contributed by atoms with Crippen LogP contribution in [0.15, 0.2) is 42.5 Å². The molecule has 0 aromatic heterocycles. The molecule has 1 aromatic rings. The summed E-state index contributed by atoms with van der Waals surface area (Å²) in [5.41, 5.74) is 5.70. The van der Waals surface area contributed by atoms with Crippen LogP contribution in [0.1, 0.15) is 136 Å². The topological polar surface area (TPSA) is 59.0 Å². The maximum atomic E-state index is 11.6. The van der Waals surface area contributed by atoms with Gasteiger partial charge < -0.3 is 10.4 Å². The number of carboxylic acid groups (broad SMARTS) is 1. The van der Waals surface area contributed by atoms with Gasteiger partial charge in [0.2, 0.25) is 0 Å². The lowest BCUT2D eigenvalue weighted by molar-refractivity contribution is -0.256. The van der Waals surface area contributed by atoms with Crippen molar-refractivity contribution in [1.29, 1.82) is 0 Å². The summed E-state index contributed by atoms with van der Waals surface area (Å²) in [7, 11) is 0.